The van der Waals surface area contributed by atoms with Crippen molar-refractivity contribution in [3.05, 3.63) is 29.3 Å². The normalized spacial score (nSPS) is 19.3. The van der Waals surface area contributed by atoms with E-state index in [4.69, 9.17) is 0 Å². The lowest BCUT2D eigenvalue weighted by atomic mass is 9.81. The number of fused-ring (bicyclic) bond motifs is 1. The van der Waals surface area contributed by atoms with E-state index in [-0.39, 0.29) is 30.9 Å². The molecular weight excluding hydrogens is 364 g/mol. The van der Waals surface area contributed by atoms with Gasteiger partial charge in [0.2, 0.25) is 5.91 Å². The highest BCUT2D eigenvalue weighted by Crippen LogP contribution is 2.39. The van der Waals surface area contributed by atoms with Crippen molar-refractivity contribution in [1.82, 2.24) is 20.1 Å². The first kappa shape index (κ1) is 17.9. The Hall–Kier alpha value is -2.48. The highest BCUT2D eigenvalue weighted by Gasteiger charge is 2.55. The van der Waals surface area contributed by atoms with Gasteiger partial charge in [-0.15, -0.1) is 11.3 Å². The van der Waals surface area contributed by atoms with Gasteiger partial charge in [-0.25, -0.2) is 9.78 Å². The van der Waals surface area contributed by atoms with Crippen molar-refractivity contribution in [2.24, 2.45) is 0 Å². The Kier molecular flexibility index (Phi) is 4.59. The second kappa shape index (κ2) is 6.92. The number of thiazole rings is 1. The molecule has 142 valence electrons. The maximum atomic E-state index is 12.9. The Balaban J connectivity index is 1.40. The maximum absolute atomic E-state index is 12.9. The molecule has 1 aliphatic carbocycles. The summed E-state index contributed by atoms with van der Waals surface area (Å²) in [6, 6.07) is 7.41. The van der Waals surface area contributed by atoms with Gasteiger partial charge in [-0.2, -0.15) is 0 Å². The molecule has 1 aliphatic heterocycles. The molecule has 1 N–H and O–H groups in total. The number of benzene rings is 1. The van der Waals surface area contributed by atoms with E-state index in [9.17, 15) is 14.4 Å². The van der Waals surface area contributed by atoms with E-state index in [1.165, 1.54) is 16.2 Å². The molecule has 1 saturated carbocycles. The molecular formula is C19H22N4O3S. The van der Waals surface area contributed by atoms with Gasteiger partial charge in [0, 0.05) is 7.05 Å². The number of para-hydroxylation sites is 1. The van der Waals surface area contributed by atoms with E-state index in [2.05, 4.69) is 10.3 Å². The van der Waals surface area contributed by atoms with Crippen molar-refractivity contribution in [2.45, 2.75) is 44.2 Å². The summed E-state index contributed by atoms with van der Waals surface area (Å²) < 4.78 is 1.06. The van der Waals surface area contributed by atoms with Gasteiger partial charge in [-0.1, -0.05) is 31.4 Å². The molecule has 4 rings (SSSR count). The van der Waals surface area contributed by atoms with E-state index in [0.29, 0.717) is 12.8 Å². The molecule has 1 saturated heterocycles. The zero-order chi connectivity index (χ0) is 19.0. The minimum Gasteiger partial charge on any atom is -0.348 e. The van der Waals surface area contributed by atoms with Crippen LogP contribution in [0.4, 0.5) is 4.79 Å². The smallest absolute Gasteiger partial charge is 0.327 e. The second-order valence-electron chi connectivity index (χ2n) is 7.18. The number of amides is 4. The summed E-state index contributed by atoms with van der Waals surface area (Å²) >= 11 is 1.52. The molecule has 2 aliphatic rings. The number of imide groups is 1. The number of hydrogen-bond donors (Lipinski definition) is 1. The van der Waals surface area contributed by atoms with Crippen LogP contribution in [0.3, 0.4) is 0 Å². The molecule has 4 amide bonds. The van der Waals surface area contributed by atoms with Gasteiger partial charge in [0.05, 0.1) is 16.8 Å². The van der Waals surface area contributed by atoms with Gasteiger partial charge >= 0.3 is 6.03 Å². The summed E-state index contributed by atoms with van der Waals surface area (Å²) in [4.78, 5) is 44.9. The fourth-order valence-electron chi connectivity index (χ4n) is 4.04. The molecule has 7 nitrogen and oxygen atoms in total. The van der Waals surface area contributed by atoms with Crippen LogP contribution in [-0.4, -0.2) is 51.8 Å². The van der Waals surface area contributed by atoms with Gasteiger partial charge in [-0.05, 0) is 25.0 Å². The number of aromatic nitrogens is 1. The largest absolute Gasteiger partial charge is 0.348 e. The van der Waals surface area contributed by atoms with Crippen LogP contribution in [0.5, 0.6) is 0 Å². The Morgan fingerprint density at radius 3 is 2.70 bits per heavy atom. The van der Waals surface area contributed by atoms with E-state index < -0.39 is 5.54 Å². The van der Waals surface area contributed by atoms with Crippen molar-refractivity contribution in [2.75, 3.05) is 13.6 Å². The third-order valence-electron chi connectivity index (χ3n) is 5.56. The number of nitrogens with zero attached hydrogens (tertiary/aromatic N) is 3. The molecule has 1 aromatic heterocycles. The first-order valence-electron chi connectivity index (χ1n) is 9.22. The molecule has 0 unspecified atom stereocenters. The van der Waals surface area contributed by atoms with Gasteiger partial charge in [-0.3, -0.25) is 14.5 Å². The zero-order valence-corrected chi connectivity index (χ0v) is 16.1. The summed E-state index contributed by atoms with van der Waals surface area (Å²) in [6.07, 6.45) is 4.30. The topological polar surface area (TPSA) is 82.6 Å². The molecule has 27 heavy (non-hydrogen) atoms. The van der Waals surface area contributed by atoms with Crippen molar-refractivity contribution in [3.8, 4) is 0 Å². The SMILES string of the molecule is CN1C(=O)N(CC(=O)NCc2nc3ccccc3s2)C(=O)C12CCCCC2. The van der Waals surface area contributed by atoms with E-state index in [0.717, 1.165) is 39.4 Å². The summed E-state index contributed by atoms with van der Waals surface area (Å²) in [5.74, 6) is -0.581. The molecule has 2 heterocycles. The van der Waals surface area contributed by atoms with Gasteiger partial charge in [0.25, 0.3) is 5.91 Å². The van der Waals surface area contributed by atoms with Crippen molar-refractivity contribution >= 4 is 39.4 Å². The fraction of sp³-hybridized carbons (Fsp3) is 0.474. The zero-order valence-electron chi connectivity index (χ0n) is 15.2. The maximum Gasteiger partial charge on any atom is 0.327 e. The minimum atomic E-state index is -0.747. The monoisotopic (exact) mass is 386 g/mol. The van der Waals surface area contributed by atoms with Crippen LogP contribution in [0, 0.1) is 0 Å². The number of carbonyl (C=O) groups excluding carboxylic acids is 3. The standard InChI is InChI=1S/C19H22N4O3S/c1-22-18(26)23(17(25)19(22)9-5-2-6-10-19)12-15(24)20-11-16-21-13-7-3-4-8-14(13)27-16/h3-4,7-8H,2,5-6,9-12H2,1H3,(H,20,24). The highest BCUT2D eigenvalue weighted by molar-refractivity contribution is 7.18. The highest BCUT2D eigenvalue weighted by atomic mass is 32.1. The first-order chi connectivity index (χ1) is 13.0. The molecule has 0 atom stereocenters. The molecule has 2 aromatic rings. The Morgan fingerprint density at radius 2 is 1.96 bits per heavy atom. The summed E-state index contributed by atoms with van der Waals surface area (Å²) in [7, 11) is 1.67. The number of carbonyl (C=O) groups is 3. The Bertz CT molecular complexity index is 870. The van der Waals surface area contributed by atoms with Gasteiger partial charge in [0.1, 0.15) is 17.1 Å². The third kappa shape index (κ3) is 3.07. The number of urea groups is 1. The van der Waals surface area contributed by atoms with E-state index in [1.54, 1.807) is 7.05 Å². The van der Waals surface area contributed by atoms with E-state index in [1.807, 2.05) is 24.3 Å². The quantitative estimate of drug-likeness (QED) is 0.819. The van der Waals surface area contributed by atoms with Crippen LogP contribution in [0.2, 0.25) is 0 Å². The van der Waals surface area contributed by atoms with Crippen LogP contribution in [-0.2, 0) is 16.1 Å². The lowest BCUT2D eigenvalue weighted by Gasteiger charge is -2.35. The predicted octanol–water partition coefficient (Wildman–Crippen LogP) is 2.51. The van der Waals surface area contributed by atoms with Crippen LogP contribution >= 0.6 is 11.3 Å². The summed E-state index contributed by atoms with van der Waals surface area (Å²) in [5, 5.41) is 3.57. The lowest BCUT2D eigenvalue weighted by molar-refractivity contribution is -0.137. The van der Waals surface area contributed by atoms with Crippen LogP contribution in [0.25, 0.3) is 10.2 Å². The summed E-state index contributed by atoms with van der Waals surface area (Å²) in [5.41, 5.74) is 0.153. The molecule has 1 aromatic carbocycles. The second-order valence-corrected chi connectivity index (χ2v) is 8.29. The lowest BCUT2D eigenvalue weighted by Crippen LogP contribution is -2.49. The van der Waals surface area contributed by atoms with Crippen molar-refractivity contribution in [1.29, 1.82) is 0 Å². The molecule has 0 bridgehead atoms. The average Bonchev–Trinajstić information content (AvgIpc) is 3.18. The van der Waals surface area contributed by atoms with Crippen LogP contribution in [0.15, 0.2) is 24.3 Å². The molecule has 2 fully saturated rings. The van der Waals surface area contributed by atoms with Crippen molar-refractivity contribution in [3.63, 3.8) is 0 Å². The van der Waals surface area contributed by atoms with E-state index >= 15 is 0 Å². The predicted molar refractivity (Wildman–Crippen MR) is 102 cm³/mol. The van der Waals surface area contributed by atoms with Crippen LogP contribution in [0.1, 0.15) is 37.1 Å². The van der Waals surface area contributed by atoms with Crippen molar-refractivity contribution < 1.29 is 14.4 Å². The molecule has 1 spiro atoms. The number of hydrogen-bond acceptors (Lipinski definition) is 5. The fourth-order valence-corrected chi connectivity index (χ4v) is 4.95. The average molecular weight is 386 g/mol. The number of likely N-dealkylation sites (N-methyl/N-ethyl adjacent to an activating group) is 1. The molecule has 8 heteroatoms. The minimum absolute atomic E-state index is 0.232. The number of rotatable bonds is 4. The number of nitrogens with one attached hydrogen (secondary N) is 1. The Morgan fingerprint density at radius 1 is 1.22 bits per heavy atom. The van der Waals surface area contributed by atoms with Gasteiger partial charge < -0.3 is 10.2 Å². The van der Waals surface area contributed by atoms with Crippen LogP contribution < -0.4 is 5.32 Å². The molecule has 0 radical (unpaired) electrons. The third-order valence-corrected chi connectivity index (χ3v) is 6.60. The summed E-state index contributed by atoms with van der Waals surface area (Å²) in [6.45, 7) is 0.0457. The first-order valence-corrected chi connectivity index (χ1v) is 10.0. The Labute approximate surface area is 161 Å². The van der Waals surface area contributed by atoms with Gasteiger partial charge in [0.15, 0.2) is 0 Å².